The minimum Gasteiger partial charge on any atom is -0.478 e. The van der Waals surface area contributed by atoms with Crippen molar-refractivity contribution in [3.63, 3.8) is 0 Å². The van der Waals surface area contributed by atoms with Crippen LogP contribution in [0.15, 0.2) is 102 Å². The number of nitrogens with zero attached hydrogens (tertiary/aromatic N) is 1. The van der Waals surface area contributed by atoms with Gasteiger partial charge in [-0.15, -0.1) is 0 Å². The van der Waals surface area contributed by atoms with E-state index in [9.17, 15) is 14.7 Å². The van der Waals surface area contributed by atoms with Crippen LogP contribution in [0, 0.1) is 0 Å². The zero-order chi connectivity index (χ0) is 21.6. The molecule has 1 aromatic heterocycles. The molecule has 0 aliphatic heterocycles. The minimum absolute atomic E-state index is 0.103. The molecule has 2 N–H and O–H groups in total. The topological polar surface area (TPSA) is 82.8 Å². The number of hydrogen-bond donors (Lipinski definition) is 2. The van der Waals surface area contributed by atoms with E-state index in [1.54, 1.807) is 24.3 Å². The summed E-state index contributed by atoms with van der Waals surface area (Å²) in [5.74, 6) is -0.965. The summed E-state index contributed by atoms with van der Waals surface area (Å²) >= 11 is 0. The van der Waals surface area contributed by atoms with Gasteiger partial charge in [0.1, 0.15) is 11.3 Å². The Morgan fingerprint density at radius 2 is 1.48 bits per heavy atom. The molecule has 0 saturated carbocycles. The molecule has 1 amide bonds. The number of hydrogen-bond acceptors (Lipinski definition) is 4. The average Bonchev–Trinajstić information content (AvgIpc) is 3.28. The summed E-state index contributed by atoms with van der Waals surface area (Å²) in [6.45, 7) is 0.177. The van der Waals surface area contributed by atoms with Crippen LogP contribution in [0.3, 0.4) is 0 Å². The standard InChI is InChI=1S/C25H20N2O4/c28-24(18-9-3-1-4-10-18)26-21-13-7-8-14-22(21)27(19-11-5-2-6-12-19)17-23-20(25(29)30)15-16-31-23/h1-16H,17H2,(H,26,28)(H,29,30). The molecule has 0 atom stereocenters. The van der Waals surface area contributed by atoms with Crippen LogP contribution in [0.5, 0.6) is 0 Å². The van der Waals surface area contributed by atoms with Gasteiger partial charge >= 0.3 is 5.97 Å². The van der Waals surface area contributed by atoms with Crippen LogP contribution in [0.2, 0.25) is 0 Å². The number of carbonyl (C=O) groups is 2. The van der Waals surface area contributed by atoms with Crippen LogP contribution >= 0.6 is 0 Å². The molecule has 0 spiro atoms. The molecule has 3 aromatic carbocycles. The van der Waals surface area contributed by atoms with Gasteiger partial charge in [0.05, 0.1) is 24.2 Å². The number of aromatic carboxylic acids is 1. The number of amides is 1. The molecule has 31 heavy (non-hydrogen) atoms. The Hall–Kier alpha value is -4.32. The Morgan fingerprint density at radius 3 is 2.19 bits per heavy atom. The molecule has 0 aliphatic carbocycles. The molecule has 6 nitrogen and oxygen atoms in total. The van der Waals surface area contributed by atoms with Gasteiger partial charge in [-0.3, -0.25) is 4.79 Å². The Balaban J connectivity index is 1.73. The molecule has 4 aromatic rings. The third kappa shape index (κ3) is 4.48. The van der Waals surface area contributed by atoms with Gasteiger partial charge in [0.25, 0.3) is 5.91 Å². The van der Waals surface area contributed by atoms with E-state index >= 15 is 0 Å². The minimum atomic E-state index is -1.05. The lowest BCUT2D eigenvalue weighted by Crippen LogP contribution is -2.21. The van der Waals surface area contributed by atoms with Crippen molar-refractivity contribution in [1.82, 2.24) is 0 Å². The molecule has 0 saturated heterocycles. The highest BCUT2D eigenvalue weighted by atomic mass is 16.4. The van der Waals surface area contributed by atoms with Gasteiger partial charge in [0.15, 0.2) is 0 Å². The molecule has 0 aliphatic rings. The van der Waals surface area contributed by atoms with Crippen molar-refractivity contribution in [3.05, 3.63) is 114 Å². The maximum absolute atomic E-state index is 12.8. The number of carboxylic acids is 1. The van der Waals surface area contributed by atoms with Crippen LogP contribution in [-0.4, -0.2) is 17.0 Å². The summed E-state index contributed by atoms with van der Waals surface area (Å²) in [4.78, 5) is 26.2. The second-order valence-corrected chi connectivity index (χ2v) is 6.82. The first-order valence-electron chi connectivity index (χ1n) is 9.71. The predicted molar refractivity (Wildman–Crippen MR) is 119 cm³/mol. The van der Waals surface area contributed by atoms with Gasteiger partial charge in [-0.1, -0.05) is 48.5 Å². The van der Waals surface area contributed by atoms with Gasteiger partial charge in [0, 0.05) is 11.3 Å². The maximum Gasteiger partial charge on any atom is 0.339 e. The molecule has 0 unspecified atom stereocenters. The van der Waals surface area contributed by atoms with E-state index in [2.05, 4.69) is 5.32 Å². The number of anilines is 3. The highest BCUT2D eigenvalue weighted by molar-refractivity contribution is 6.06. The van der Waals surface area contributed by atoms with E-state index in [1.165, 1.54) is 12.3 Å². The van der Waals surface area contributed by atoms with E-state index in [4.69, 9.17) is 4.42 Å². The molecule has 1 heterocycles. The largest absolute Gasteiger partial charge is 0.478 e. The van der Waals surface area contributed by atoms with Crippen molar-refractivity contribution in [2.24, 2.45) is 0 Å². The fourth-order valence-corrected chi connectivity index (χ4v) is 3.32. The zero-order valence-corrected chi connectivity index (χ0v) is 16.6. The number of benzene rings is 3. The number of nitrogens with one attached hydrogen (secondary N) is 1. The third-order valence-electron chi connectivity index (χ3n) is 4.82. The van der Waals surface area contributed by atoms with Crippen molar-refractivity contribution in [2.45, 2.75) is 6.54 Å². The second kappa shape index (κ2) is 9.00. The van der Waals surface area contributed by atoms with Crippen molar-refractivity contribution < 1.29 is 19.1 Å². The number of furan rings is 1. The lowest BCUT2D eigenvalue weighted by Gasteiger charge is -2.27. The molecule has 154 valence electrons. The fourth-order valence-electron chi connectivity index (χ4n) is 3.32. The van der Waals surface area contributed by atoms with E-state index in [-0.39, 0.29) is 18.0 Å². The first-order valence-corrected chi connectivity index (χ1v) is 9.71. The zero-order valence-electron chi connectivity index (χ0n) is 16.6. The van der Waals surface area contributed by atoms with Crippen LogP contribution in [0.1, 0.15) is 26.5 Å². The summed E-state index contributed by atoms with van der Waals surface area (Å²) in [5, 5.41) is 12.4. The van der Waals surface area contributed by atoms with E-state index in [1.807, 2.05) is 65.6 Å². The van der Waals surface area contributed by atoms with Crippen molar-refractivity contribution in [2.75, 3.05) is 10.2 Å². The smallest absolute Gasteiger partial charge is 0.339 e. The first-order chi connectivity index (χ1) is 15.1. The number of para-hydroxylation sites is 3. The van der Waals surface area contributed by atoms with Crippen LogP contribution < -0.4 is 10.2 Å². The van der Waals surface area contributed by atoms with Crippen molar-refractivity contribution >= 4 is 28.9 Å². The lowest BCUT2D eigenvalue weighted by molar-refractivity contribution is 0.0694. The van der Waals surface area contributed by atoms with Crippen LogP contribution in [-0.2, 0) is 6.54 Å². The van der Waals surface area contributed by atoms with E-state index < -0.39 is 5.97 Å². The maximum atomic E-state index is 12.8. The number of carbonyl (C=O) groups excluding carboxylic acids is 1. The number of rotatable bonds is 7. The molecule has 0 fully saturated rings. The highest BCUT2D eigenvalue weighted by Gasteiger charge is 2.21. The number of carboxylic acid groups (broad SMARTS) is 1. The SMILES string of the molecule is O=C(Nc1ccccc1N(Cc1occc1C(=O)O)c1ccccc1)c1ccccc1. The van der Waals surface area contributed by atoms with Gasteiger partial charge in [-0.2, -0.15) is 0 Å². The molecule has 0 bridgehead atoms. The molecule has 4 rings (SSSR count). The second-order valence-electron chi connectivity index (χ2n) is 6.82. The average molecular weight is 412 g/mol. The first kappa shape index (κ1) is 20.0. The van der Waals surface area contributed by atoms with Crippen LogP contribution in [0.4, 0.5) is 17.1 Å². The highest BCUT2D eigenvalue weighted by Crippen LogP contribution is 2.34. The lowest BCUT2D eigenvalue weighted by atomic mass is 10.1. The van der Waals surface area contributed by atoms with Gasteiger partial charge in [-0.05, 0) is 42.5 Å². The van der Waals surface area contributed by atoms with Crippen molar-refractivity contribution in [3.8, 4) is 0 Å². The molecular formula is C25H20N2O4. The van der Waals surface area contributed by atoms with Gasteiger partial charge in [-0.25, -0.2) is 4.79 Å². The third-order valence-corrected chi connectivity index (χ3v) is 4.82. The molecule has 6 heteroatoms. The summed E-state index contributed by atoms with van der Waals surface area (Å²) in [6, 6.07) is 27.3. The quantitative estimate of drug-likeness (QED) is 0.415. The Kier molecular flexibility index (Phi) is 5.80. The summed E-state index contributed by atoms with van der Waals surface area (Å²) < 4.78 is 5.48. The van der Waals surface area contributed by atoms with Gasteiger partial charge in [0.2, 0.25) is 0 Å². The summed E-state index contributed by atoms with van der Waals surface area (Å²) in [5.41, 5.74) is 2.79. The van der Waals surface area contributed by atoms with E-state index in [0.717, 1.165) is 5.69 Å². The predicted octanol–water partition coefficient (Wildman–Crippen LogP) is 5.57. The summed E-state index contributed by atoms with van der Waals surface area (Å²) in [6.07, 6.45) is 1.37. The fraction of sp³-hybridized carbons (Fsp3) is 0.0400. The Labute approximate surface area is 179 Å². The summed E-state index contributed by atoms with van der Waals surface area (Å²) in [7, 11) is 0. The normalized spacial score (nSPS) is 10.5. The Morgan fingerprint density at radius 1 is 0.839 bits per heavy atom. The van der Waals surface area contributed by atoms with E-state index in [0.29, 0.717) is 22.7 Å². The van der Waals surface area contributed by atoms with Crippen molar-refractivity contribution in [1.29, 1.82) is 0 Å². The van der Waals surface area contributed by atoms with Gasteiger partial charge < -0.3 is 19.7 Å². The molecular weight excluding hydrogens is 392 g/mol. The molecule has 0 radical (unpaired) electrons. The monoisotopic (exact) mass is 412 g/mol. The van der Waals surface area contributed by atoms with Crippen LogP contribution in [0.25, 0.3) is 0 Å². The Bertz CT molecular complexity index is 1190.